The summed E-state index contributed by atoms with van der Waals surface area (Å²) in [5.74, 6) is -0.0718. The van der Waals surface area contributed by atoms with E-state index in [1.54, 1.807) is 18.2 Å². The Morgan fingerprint density at radius 3 is 2.45 bits per heavy atom. The number of aliphatic hydroxyl groups is 1. The molecule has 58 valence electrons. The van der Waals surface area contributed by atoms with Crippen LogP contribution in [0.2, 0.25) is 10.0 Å². The summed E-state index contributed by atoms with van der Waals surface area (Å²) in [6.07, 6.45) is 0. The quantitative estimate of drug-likeness (QED) is 0.670. The zero-order valence-electron chi connectivity index (χ0n) is 5.64. The molecule has 0 saturated heterocycles. The summed E-state index contributed by atoms with van der Waals surface area (Å²) in [7, 11) is 0. The Labute approximate surface area is 74.9 Å². The summed E-state index contributed by atoms with van der Waals surface area (Å²) in [5, 5.41) is 9.74. The van der Waals surface area contributed by atoms with E-state index >= 15 is 0 Å². The van der Waals surface area contributed by atoms with Gasteiger partial charge in [-0.1, -0.05) is 35.8 Å². The number of aliphatic hydroxyl groups excluding tert-OH is 1. The highest BCUT2D eigenvalue weighted by Crippen LogP contribution is 2.28. The second-order valence-electron chi connectivity index (χ2n) is 2.05. The van der Waals surface area contributed by atoms with E-state index in [1.165, 1.54) is 0 Å². The maximum atomic E-state index is 8.99. The SMILES string of the molecule is C=C(O)c1cccc(Cl)c1Cl. The summed E-state index contributed by atoms with van der Waals surface area (Å²) in [5.41, 5.74) is 0.471. The van der Waals surface area contributed by atoms with Gasteiger partial charge in [-0.2, -0.15) is 0 Å². The third kappa shape index (κ3) is 1.67. The summed E-state index contributed by atoms with van der Waals surface area (Å²) >= 11 is 11.4. The third-order valence-electron chi connectivity index (χ3n) is 1.26. The van der Waals surface area contributed by atoms with Crippen molar-refractivity contribution < 1.29 is 5.11 Å². The predicted molar refractivity (Wildman–Crippen MR) is 48.1 cm³/mol. The Morgan fingerprint density at radius 2 is 2.00 bits per heavy atom. The van der Waals surface area contributed by atoms with Crippen LogP contribution >= 0.6 is 23.2 Å². The zero-order valence-corrected chi connectivity index (χ0v) is 7.15. The van der Waals surface area contributed by atoms with Gasteiger partial charge in [-0.3, -0.25) is 0 Å². The van der Waals surface area contributed by atoms with Crippen molar-refractivity contribution in [1.29, 1.82) is 0 Å². The van der Waals surface area contributed by atoms with Crippen molar-refractivity contribution in [3.63, 3.8) is 0 Å². The summed E-state index contributed by atoms with van der Waals surface area (Å²) in [6.45, 7) is 3.34. The van der Waals surface area contributed by atoms with Crippen LogP contribution in [0.15, 0.2) is 24.8 Å². The average molecular weight is 189 g/mol. The first-order valence-corrected chi connectivity index (χ1v) is 3.71. The van der Waals surface area contributed by atoms with Crippen molar-refractivity contribution in [3.8, 4) is 0 Å². The van der Waals surface area contributed by atoms with Gasteiger partial charge in [0, 0.05) is 5.56 Å². The summed E-state index contributed by atoms with van der Waals surface area (Å²) in [4.78, 5) is 0. The molecule has 0 aromatic heterocycles. The van der Waals surface area contributed by atoms with Gasteiger partial charge < -0.3 is 5.11 Å². The lowest BCUT2D eigenvalue weighted by molar-refractivity contribution is 0.514. The fourth-order valence-corrected chi connectivity index (χ4v) is 1.14. The van der Waals surface area contributed by atoms with Crippen LogP contribution in [0.4, 0.5) is 0 Å². The predicted octanol–water partition coefficient (Wildman–Crippen LogP) is 3.52. The molecule has 1 N–H and O–H groups in total. The van der Waals surface area contributed by atoms with Crippen LogP contribution in [0, 0.1) is 0 Å². The van der Waals surface area contributed by atoms with Crippen LogP contribution in [-0.4, -0.2) is 5.11 Å². The van der Waals surface area contributed by atoms with E-state index in [-0.39, 0.29) is 5.76 Å². The molecule has 1 rings (SSSR count). The van der Waals surface area contributed by atoms with Gasteiger partial charge in [0.25, 0.3) is 0 Å². The maximum Gasteiger partial charge on any atom is 0.117 e. The van der Waals surface area contributed by atoms with E-state index in [2.05, 4.69) is 6.58 Å². The third-order valence-corrected chi connectivity index (χ3v) is 2.08. The molecule has 0 aliphatic carbocycles. The number of hydrogen-bond donors (Lipinski definition) is 1. The van der Waals surface area contributed by atoms with Crippen LogP contribution in [-0.2, 0) is 0 Å². The van der Waals surface area contributed by atoms with Crippen molar-refractivity contribution in [2.75, 3.05) is 0 Å². The monoisotopic (exact) mass is 188 g/mol. The van der Waals surface area contributed by atoms with Crippen LogP contribution < -0.4 is 0 Å². The molecule has 0 heterocycles. The van der Waals surface area contributed by atoms with E-state index < -0.39 is 0 Å². The minimum Gasteiger partial charge on any atom is -0.508 e. The average Bonchev–Trinajstić information content (AvgIpc) is 1.94. The number of halogens is 2. The van der Waals surface area contributed by atoms with Crippen molar-refractivity contribution in [2.45, 2.75) is 0 Å². The second kappa shape index (κ2) is 3.16. The van der Waals surface area contributed by atoms with Gasteiger partial charge in [0.1, 0.15) is 5.76 Å². The second-order valence-corrected chi connectivity index (χ2v) is 2.83. The fourth-order valence-electron chi connectivity index (χ4n) is 0.727. The minimum atomic E-state index is -0.0718. The molecule has 0 saturated carbocycles. The lowest BCUT2D eigenvalue weighted by Crippen LogP contribution is -1.82. The van der Waals surface area contributed by atoms with Crippen LogP contribution in [0.5, 0.6) is 0 Å². The first-order chi connectivity index (χ1) is 5.13. The van der Waals surface area contributed by atoms with Gasteiger partial charge in [-0.25, -0.2) is 0 Å². The Morgan fingerprint density at radius 1 is 1.36 bits per heavy atom. The molecule has 0 aliphatic rings. The first-order valence-electron chi connectivity index (χ1n) is 2.95. The van der Waals surface area contributed by atoms with Crippen molar-refractivity contribution >= 4 is 29.0 Å². The Hall–Kier alpha value is -0.660. The van der Waals surface area contributed by atoms with E-state index in [9.17, 15) is 0 Å². The standard InChI is InChI=1S/C8H6Cl2O/c1-5(11)6-3-2-4-7(9)8(6)10/h2-4,11H,1H2. The van der Waals surface area contributed by atoms with Gasteiger partial charge in [0.05, 0.1) is 10.0 Å². The maximum absolute atomic E-state index is 8.99. The van der Waals surface area contributed by atoms with Gasteiger partial charge >= 0.3 is 0 Å². The molecule has 11 heavy (non-hydrogen) atoms. The van der Waals surface area contributed by atoms with Crippen LogP contribution in [0.3, 0.4) is 0 Å². The minimum absolute atomic E-state index is 0.0718. The normalized spacial score (nSPS) is 9.64. The molecule has 3 heteroatoms. The molecule has 1 aromatic rings. The molecule has 0 aliphatic heterocycles. The number of hydrogen-bond acceptors (Lipinski definition) is 1. The lowest BCUT2D eigenvalue weighted by Gasteiger charge is -2.01. The molecule has 0 radical (unpaired) electrons. The smallest absolute Gasteiger partial charge is 0.117 e. The Balaban J connectivity index is 3.27. The van der Waals surface area contributed by atoms with E-state index in [1.807, 2.05) is 0 Å². The number of benzene rings is 1. The molecular formula is C8H6Cl2O. The van der Waals surface area contributed by atoms with E-state index in [0.29, 0.717) is 15.6 Å². The highest BCUT2D eigenvalue weighted by atomic mass is 35.5. The Bertz CT molecular complexity index is 294. The van der Waals surface area contributed by atoms with Gasteiger partial charge in [-0.15, -0.1) is 0 Å². The molecule has 1 aromatic carbocycles. The van der Waals surface area contributed by atoms with E-state index in [0.717, 1.165) is 0 Å². The molecule has 0 amide bonds. The largest absolute Gasteiger partial charge is 0.508 e. The molecule has 0 fully saturated rings. The lowest BCUT2D eigenvalue weighted by atomic mass is 10.2. The Kier molecular flexibility index (Phi) is 2.42. The van der Waals surface area contributed by atoms with Crippen molar-refractivity contribution in [3.05, 3.63) is 40.4 Å². The van der Waals surface area contributed by atoms with E-state index in [4.69, 9.17) is 28.3 Å². The number of rotatable bonds is 1. The van der Waals surface area contributed by atoms with Crippen LogP contribution in [0.1, 0.15) is 5.56 Å². The topological polar surface area (TPSA) is 20.2 Å². The van der Waals surface area contributed by atoms with Gasteiger partial charge in [0.15, 0.2) is 0 Å². The molecule has 0 spiro atoms. The fraction of sp³-hybridized carbons (Fsp3) is 0. The molecule has 0 bridgehead atoms. The summed E-state index contributed by atoms with van der Waals surface area (Å²) in [6, 6.07) is 5.00. The first kappa shape index (κ1) is 8.44. The molecule has 0 atom stereocenters. The molecule has 0 unspecified atom stereocenters. The van der Waals surface area contributed by atoms with Gasteiger partial charge in [-0.05, 0) is 12.1 Å². The van der Waals surface area contributed by atoms with Gasteiger partial charge in [0.2, 0.25) is 0 Å². The molecular weight excluding hydrogens is 183 g/mol. The molecule has 1 nitrogen and oxygen atoms in total. The highest BCUT2D eigenvalue weighted by molar-refractivity contribution is 6.42. The van der Waals surface area contributed by atoms with Crippen molar-refractivity contribution in [2.24, 2.45) is 0 Å². The van der Waals surface area contributed by atoms with Crippen LogP contribution in [0.25, 0.3) is 5.76 Å². The summed E-state index contributed by atoms with van der Waals surface area (Å²) < 4.78 is 0. The highest BCUT2D eigenvalue weighted by Gasteiger charge is 2.05. The zero-order chi connectivity index (χ0) is 8.43. The van der Waals surface area contributed by atoms with Crippen molar-refractivity contribution in [1.82, 2.24) is 0 Å².